The SMILES string of the molecule is Cc1ccc(S(=O)(=O)N[C@@H](CC(=O)NCC(C)(C)C)C(=O)N[C@@H](C)C(=O)N[C@@H](CC(C)C)C(=O)c2nnc(-c3ccncc3)o2)cc1. The number of ketones is 1. The van der Waals surface area contributed by atoms with E-state index in [4.69, 9.17) is 4.42 Å². The molecule has 0 bridgehead atoms. The van der Waals surface area contributed by atoms with Crippen molar-refractivity contribution in [3.05, 3.63) is 60.2 Å². The van der Waals surface area contributed by atoms with E-state index in [-0.39, 0.29) is 34.4 Å². The number of carbonyl (C=O) groups excluding carboxylic acids is 4. The summed E-state index contributed by atoms with van der Waals surface area (Å²) in [5.41, 5.74) is 1.14. The molecule has 254 valence electrons. The van der Waals surface area contributed by atoms with E-state index < -0.39 is 58.1 Å². The number of amides is 3. The number of aryl methyl sites for hydroxylation is 1. The van der Waals surface area contributed by atoms with Crippen molar-refractivity contribution in [2.24, 2.45) is 11.3 Å². The van der Waals surface area contributed by atoms with Crippen LogP contribution < -0.4 is 20.7 Å². The van der Waals surface area contributed by atoms with Gasteiger partial charge < -0.3 is 20.4 Å². The second-order valence-corrected chi connectivity index (χ2v) is 14.7. The fourth-order valence-corrected chi connectivity index (χ4v) is 5.44. The molecule has 0 spiro atoms. The summed E-state index contributed by atoms with van der Waals surface area (Å²) in [6.07, 6.45) is 2.78. The highest BCUT2D eigenvalue weighted by molar-refractivity contribution is 7.89. The third-order valence-electron chi connectivity index (χ3n) is 6.81. The van der Waals surface area contributed by atoms with Gasteiger partial charge in [-0.15, -0.1) is 10.2 Å². The van der Waals surface area contributed by atoms with Gasteiger partial charge in [0.15, 0.2) is 0 Å². The summed E-state index contributed by atoms with van der Waals surface area (Å²) in [5.74, 6) is -3.01. The van der Waals surface area contributed by atoms with Gasteiger partial charge in [0.05, 0.1) is 17.4 Å². The quantitative estimate of drug-likeness (QED) is 0.174. The smallest absolute Gasteiger partial charge is 0.286 e. The average Bonchev–Trinajstić information content (AvgIpc) is 3.49. The largest absolute Gasteiger partial charge is 0.414 e. The predicted octanol–water partition coefficient (Wildman–Crippen LogP) is 2.56. The summed E-state index contributed by atoms with van der Waals surface area (Å²) in [4.78, 5) is 56.6. The van der Waals surface area contributed by atoms with Gasteiger partial charge >= 0.3 is 0 Å². The Labute approximate surface area is 275 Å². The molecule has 0 saturated heterocycles. The highest BCUT2D eigenvalue weighted by Gasteiger charge is 2.33. The van der Waals surface area contributed by atoms with Crippen molar-refractivity contribution in [1.82, 2.24) is 35.9 Å². The number of Topliss-reactive ketones (excluding diaryl/α,β-unsaturated/α-hetero) is 1. The van der Waals surface area contributed by atoms with Crippen molar-refractivity contribution in [1.29, 1.82) is 0 Å². The van der Waals surface area contributed by atoms with Gasteiger partial charge in [-0.05, 0) is 55.9 Å². The lowest BCUT2D eigenvalue weighted by Gasteiger charge is -2.24. The van der Waals surface area contributed by atoms with Crippen molar-refractivity contribution in [3.63, 3.8) is 0 Å². The molecule has 14 nitrogen and oxygen atoms in total. The molecule has 4 N–H and O–H groups in total. The number of rotatable bonds is 15. The minimum Gasteiger partial charge on any atom is -0.414 e. The molecule has 2 aromatic heterocycles. The zero-order valence-corrected chi connectivity index (χ0v) is 28.5. The summed E-state index contributed by atoms with van der Waals surface area (Å²) in [6.45, 7) is 12.9. The standard InChI is InChI=1S/C32H43N7O7S/c1-19(2)16-24(27(41)31-38-37-30(46-31)22-12-14-33-15-13-22)36-28(42)21(4)35-29(43)25(17-26(40)34-18-32(5,6)7)39-47(44,45)23-10-8-20(3)9-11-23/h8-15,19,21,24-25,39H,16-18H2,1-7H3,(H,34,40)(H,35,43)(H,36,42)/t21-,24-,25-/m0/s1. The lowest BCUT2D eigenvalue weighted by atomic mass is 9.97. The number of aromatic nitrogens is 3. The molecule has 0 aliphatic heterocycles. The van der Waals surface area contributed by atoms with Crippen molar-refractivity contribution in [2.45, 2.75) is 84.3 Å². The minimum atomic E-state index is -4.22. The number of benzene rings is 1. The maximum absolute atomic E-state index is 13.4. The topological polar surface area (TPSA) is 202 Å². The van der Waals surface area contributed by atoms with Gasteiger partial charge in [-0.3, -0.25) is 24.2 Å². The van der Waals surface area contributed by atoms with Gasteiger partial charge in [0.25, 0.3) is 5.89 Å². The summed E-state index contributed by atoms with van der Waals surface area (Å²) in [6, 6.07) is 5.44. The number of nitrogens with one attached hydrogen (secondary N) is 4. The molecule has 0 fully saturated rings. The molecule has 3 rings (SSSR count). The molecular formula is C32H43N7O7S. The van der Waals surface area contributed by atoms with Crippen molar-refractivity contribution >= 4 is 33.5 Å². The second kappa shape index (κ2) is 15.9. The first-order chi connectivity index (χ1) is 21.9. The highest BCUT2D eigenvalue weighted by Crippen LogP contribution is 2.19. The fraction of sp³-hybridized carbons (Fsp3) is 0.469. The van der Waals surface area contributed by atoms with Gasteiger partial charge in [0, 0.05) is 24.5 Å². The lowest BCUT2D eigenvalue weighted by Crippen LogP contribution is -2.55. The number of carbonyl (C=O) groups is 4. The summed E-state index contributed by atoms with van der Waals surface area (Å²) in [5, 5.41) is 15.6. The molecule has 0 saturated carbocycles. The number of sulfonamides is 1. The van der Waals surface area contributed by atoms with Gasteiger partial charge in [-0.2, -0.15) is 4.72 Å². The lowest BCUT2D eigenvalue weighted by molar-refractivity contribution is -0.131. The van der Waals surface area contributed by atoms with Crippen LogP contribution in [0, 0.1) is 18.3 Å². The third kappa shape index (κ3) is 11.4. The monoisotopic (exact) mass is 669 g/mol. The Morgan fingerprint density at radius 3 is 2.11 bits per heavy atom. The first kappa shape index (κ1) is 37.0. The van der Waals surface area contributed by atoms with E-state index in [2.05, 4.69) is 35.9 Å². The van der Waals surface area contributed by atoms with E-state index in [1.54, 1.807) is 31.2 Å². The van der Waals surface area contributed by atoms with Crippen LogP contribution >= 0.6 is 0 Å². The molecule has 1 aromatic carbocycles. The van der Waals surface area contributed by atoms with E-state index >= 15 is 0 Å². The number of pyridine rings is 1. The Morgan fingerprint density at radius 1 is 0.872 bits per heavy atom. The fourth-order valence-electron chi connectivity index (χ4n) is 4.24. The van der Waals surface area contributed by atoms with Crippen LogP contribution in [0.1, 0.15) is 70.6 Å². The van der Waals surface area contributed by atoms with E-state index in [1.807, 2.05) is 34.6 Å². The molecule has 3 amide bonds. The highest BCUT2D eigenvalue weighted by atomic mass is 32.2. The van der Waals surface area contributed by atoms with Crippen LogP contribution in [-0.2, 0) is 24.4 Å². The Bertz CT molecular complexity index is 1650. The molecule has 0 aliphatic rings. The summed E-state index contributed by atoms with van der Waals surface area (Å²) < 4.78 is 34.2. The first-order valence-electron chi connectivity index (χ1n) is 15.2. The predicted molar refractivity (Wildman–Crippen MR) is 173 cm³/mol. The van der Waals surface area contributed by atoms with Crippen LogP contribution in [0.4, 0.5) is 0 Å². The zero-order valence-electron chi connectivity index (χ0n) is 27.7. The molecule has 3 aromatic rings. The Hall–Kier alpha value is -4.50. The van der Waals surface area contributed by atoms with Crippen LogP contribution in [0.5, 0.6) is 0 Å². The second-order valence-electron chi connectivity index (χ2n) is 13.0. The molecule has 0 unspecified atom stereocenters. The van der Waals surface area contributed by atoms with Crippen LogP contribution in [0.3, 0.4) is 0 Å². The van der Waals surface area contributed by atoms with E-state index in [1.165, 1.54) is 31.5 Å². The molecule has 0 radical (unpaired) electrons. The third-order valence-corrected chi connectivity index (χ3v) is 8.29. The van der Waals surface area contributed by atoms with Crippen molar-refractivity contribution in [3.8, 4) is 11.5 Å². The molecular weight excluding hydrogens is 626 g/mol. The maximum Gasteiger partial charge on any atom is 0.286 e. The van der Waals surface area contributed by atoms with Gasteiger partial charge in [-0.1, -0.05) is 52.3 Å². The Morgan fingerprint density at radius 2 is 1.51 bits per heavy atom. The Balaban J connectivity index is 1.75. The van der Waals surface area contributed by atoms with Crippen LogP contribution in [0.25, 0.3) is 11.5 Å². The summed E-state index contributed by atoms with van der Waals surface area (Å²) >= 11 is 0. The number of hydrogen-bond donors (Lipinski definition) is 4. The van der Waals surface area contributed by atoms with E-state index in [9.17, 15) is 27.6 Å². The molecule has 47 heavy (non-hydrogen) atoms. The van der Waals surface area contributed by atoms with Gasteiger partial charge in [-0.25, -0.2) is 8.42 Å². The van der Waals surface area contributed by atoms with Crippen LogP contribution in [0.2, 0.25) is 0 Å². The van der Waals surface area contributed by atoms with Gasteiger partial charge in [0.1, 0.15) is 12.1 Å². The number of hydrogen-bond acceptors (Lipinski definition) is 10. The average molecular weight is 670 g/mol. The molecule has 0 aliphatic carbocycles. The van der Waals surface area contributed by atoms with Gasteiger partial charge in [0.2, 0.25) is 39.4 Å². The molecule has 15 heteroatoms. The van der Waals surface area contributed by atoms with Crippen LogP contribution in [-0.4, -0.2) is 71.8 Å². The Kier molecular flexibility index (Phi) is 12.5. The minimum absolute atomic E-state index is 0.0242. The zero-order chi connectivity index (χ0) is 34.9. The first-order valence-corrected chi connectivity index (χ1v) is 16.7. The molecule has 3 atom stereocenters. The maximum atomic E-state index is 13.4. The van der Waals surface area contributed by atoms with E-state index in [0.717, 1.165) is 5.56 Å². The van der Waals surface area contributed by atoms with Crippen molar-refractivity contribution < 1.29 is 32.0 Å². The summed E-state index contributed by atoms with van der Waals surface area (Å²) in [7, 11) is -4.22. The van der Waals surface area contributed by atoms with E-state index in [0.29, 0.717) is 12.1 Å². The van der Waals surface area contributed by atoms with Crippen LogP contribution in [0.15, 0.2) is 58.1 Å². The number of nitrogens with zero attached hydrogens (tertiary/aromatic N) is 3. The van der Waals surface area contributed by atoms with Crippen molar-refractivity contribution in [2.75, 3.05) is 6.54 Å². The normalized spacial score (nSPS) is 13.8. The molecule has 2 heterocycles.